The zero-order valence-corrected chi connectivity index (χ0v) is 14.2. The van der Waals surface area contributed by atoms with Gasteiger partial charge in [0.25, 0.3) is 5.91 Å². The fraction of sp³-hybridized carbons (Fsp3) is 0.312. The Morgan fingerprint density at radius 3 is 2.58 bits per heavy atom. The summed E-state index contributed by atoms with van der Waals surface area (Å²) in [5, 5.41) is 2.87. The maximum absolute atomic E-state index is 11.9. The third-order valence-electron chi connectivity index (χ3n) is 2.81. The lowest BCUT2D eigenvalue weighted by molar-refractivity contribution is -0.118. The fourth-order valence-electron chi connectivity index (χ4n) is 1.73. The topological polar surface area (TPSA) is 86.8 Å². The third kappa shape index (κ3) is 4.95. The van der Waals surface area contributed by atoms with Gasteiger partial charge in [0.1, 0.15) is 4.88 Å². The van der Waals surface area contributed by atoms with Crippen LogP contribution in [0.3, 0.4) is 0 Å². The summed E-state index contributed by atoms with van der Waals surface area (Å²) in [6, 6.07) is 7.15. The number of carbonyl (C=O) groups is 2. The summed E-state index contributed by atoms with van der Waals surface area (Å²) in [6.45, 7) is 2.38. The number of anilines is 1. The van der Waals surface area contributed by atoms with Crippen LogP contribution in [0.4, 0.5) is 5.13 Å². The van der Waals surface area contributed by atoms with Crippen molar-refractivity contribution in [1.29, 1.82) is 0 Å². The van der Waals surface area contributed by atoms with Crippen molar-refractivity contribution in [3.05, 3.63) is 35.3 Å². The number of nitrogens with zero attached hydrogens (tertiary/aromatic N) is 1. The minimum absolute atomic E-state index is 0.195. The minimum Gasteiger partial charge on any atom is -0.490 e. The van der Waals surface area contributed by atoms with Crippen molar-refractivity contribution in [3.63, 3.8) is 0 Å². The van der Waals surface area contributed by atoms with Gasteiger partial charge in [-0.3, -0.25) is 10.1 Å². The maximum atomic E-state index is 11.9. The van der Waals surface area contributed by atoms with Gasteiger partial charge in [-0.25, -0.2) is 9.78 Å². The second-order valence-corrected chi connectivity index (χ2v) is 5.68. The van der Waals surface area contributed by atoms with Gasteiger partial charge in [-0.05, 0) is 18.6 Å². The van der Waals surface area contributed by atoms with Crippen LogP contribution in [-0.2, 0) is 9.53 Å². The molecule has 0 unspecified atom stereocenters. The molecule has 0 bridgehead atoms. The van der Waals surface area contributed by atoms with Crippen LogP contribution < -0.4 is 14.8 Å². The van der Waals surface area contributed by atoms with E-state index in [0.717, 1.165) is 17.8 Å². The summed E-state index contributed by atoms with van der Waals surface area (Å²) in [6.07, 6.45) is 2.22. The summed E-state index contributed by atoms with van der Waals surface area (Å²) in [5.74, 6) is 0.210. The summed E-state index contributed by atoms with van der Waals surface area (Å²) < 4.78 is 15.6. The van der Waals surface area contributed by atoms with E-state index in [2.05, 4.69) is 15.0 Å². The van der Waals surface area contributed by atoms with Crippen LogP contribution in [0.1, 0.15) is 23.0 Å². The zero-order valence-electron chi connectivity index (χ0n) is 13.4. The number of methoxy groups -OCH3 is 1. The fourth-order valence-corrected chi connectivity index (χ4v) is 2.48. The molecule has 0 aliphatic carbocycles. The van der Waals surface area contributed by atoms with E-state index in [-0.39, 0.29) is 12.5 Å². The van der Waals surface area contributed by atoms with Gasteiger partial charge in [0, 0.05) is 0 Å². The lowest BCUT2D eigenvalue weighted by Gasteiger charge is -2.11. The molecule has 2 aromatic rings. The Balaban J connectivity index is 1.89. The summed E-state index contributed by atoms with van der Waals surface area (Å²) in [4.78, 5) is 27.5. The van der Waals surface area contributed by atoms with E-state index in [4.69, 9.17) is 9.47 Å². The number of hydrogen-bond donors (Lipinski definition) is 1. The lowest BCUT2D eigenvalue weighted by Crippen LogP contribution is -2.20. The number of aromatic nitrogens is 1. The summed E-state index contributed by atoms with van der Waals surface area (Å²) in [7, 11) is 1.28. The maximum Gasteiger partial charge on any atom is 0.349 e. The molecule has 1 amide bonds. The van der Waals surface area contributed by atoms with Gasteiger partial charge in [0.05, 0.1) is 19.9 Å². The van der Waals surface area contributed by atoms with E-state index in [1.807, 2.05) is 13.0 Å². The van der Waals surface area contributed by atoms with Crippen LogP contribution in [0.25, 0.3) is 0 Å². The van der Waals surface area contributed by atoms with Crippen molar-refractivity contribution in [1.82, 2.24) is 4.98 Å². The molecule has 0 aliphatic rings. The van der Waals surface area contributed by atoms with Gasteiger partial charge in [-0.1, -0.05) is 30.4 Å². The summed E-state index contributed by atoms with van der Waals surface area (Å²) in [5.41, 5.74) is 0. The number of amides is 1. The number of esters is 1. The van der Waals surface area contributed by atoms with Crippen molar-refractivity contribution in [3.8, 4) is 11.5 Å². The number of thiazole rings is 1. The van der Waals surface area contributed by atoms with Crippen molar-refractivity contribution in [2.24, 2.45) is 0 Å². The minimum atomic E-state index is -0.494. The Morgan fingerprint density at radius 1 is 1.21 bits per heavy atom. The van der Waals surface area contributed by atoms with Gasteiger partial charge in [0.15, 0.2) is 23.2 Å². The lowest BCUT2D eigenvalue weighted by atomic mass is 10.3. The van der Waals surface area contributed by atoms with Gasteiger partial charge in [-0.2, -0.15) is 0 Å². The Bertz CT molecular complexity index is 701. The Hall–Kier alpha value is -2.61. The average molecular weight is 350 g/mol. The van der Waals surface area contributed by atoms with Crippen molar-refractivity contribution in [2.75, 3.05) is 25.6 Å². The highest BCUT2D eigenvalue weighted by Crippen LogP contribution is 2.26. The SMILES string of the molecule is CCCOc1ccccc1OCC(=O)Nc1ncc(C(=O)OC)s1. The second kappa shape index (κ2) is 8.88. The molecule has 7 nitrogen and oxygen atoms in total. The molecule has 1 aromatic heterocycles. The number of carbonyl (C=O) groups excluding carboxylic acids is 2. The number of rotatable bonds is 8. The number of benzene rings is 1. The van der Waals surface area contributed by atoms with Crippen LogP contribution in [0.2, 0.25) is 0 Å². The van der Waals surface area contributed by atoms with E-state index >= 15 is 0 Å². The highest BCUT2D eigenvalue weighted by Gasteiger charge is 2.13. The van der Waals surface area contributed by atoms with E-state index in [0.29, 0.717) is 28.1 Å². The Kier molecular flexibility index (Phi) is 6.56. The van der Waals surface area contributed by atoms with Gasteiger partial charge >= 0.3 is 5.97 Å². The van der Waals surface area contributed by atoms with E-state index in [9.17, 15) is 9.59 Å². The first-order valence-electron chi connectivity index (χ1n) is 7.32. The highest BCUT2D eigenvalue weighted by atomic mass is 32.1. The second-order valence-electron chi connectivity index (χ2n) is 4.65. The molecule has 8 heteroatoms. The van der Waals surface area contributed by atoms with E-state index in [1.54, 1.807) is 18.2 Å². The molecule has 1 N–H and O–H groups in total. The largest absolute Gasteiger partial charge is 0.490 e. The Labute approximate surface area is 143 Å². The van der Waals surface area contributed by atoms with Gasteiger partial charge in [0.2, 0.25) is 0 Å². The molecule has 1 heterocycles. The predicted octanol–water partition coefficient (Wildman–Crippen LogP) is 2.74. The molecule has 1 aromatic carbocycles. The predicted molar refractivity (Wildman–Crippen MR) is 89.8 cm³/mol. The number of hydrogen-bond acceptors (Lipinski definition) is 7. The van der Waals surface area contributed by atoms with Crippen LogP contribution in [0, 0.1) is 0 Å². The molecule has 0 fully saturated rings. The van der Waals surface area contributed by atoms with Crippen molar-refractivity contribution < 1.29 is 23.8 Å². The van der Waals surface area contributed by atoms with Gasteiger partial charge in [-0.15, -0.1) is 0 Å². The average Bonchev–Trinajstić information content (AvgIpc) is 3.06. The first-order valence-corrected chi connectivity index (χ1v) is 8.14. The molecular weight excluding hydrogens is 332 g/mol. The first kappa shape index (κ1) is 17.7. The zero-order chi connectivity index (χ0) is 17.4. The Morgan fingerprint density at radius 2 is 1.92 bits per heavy atom. The molecule has 0 atom stereocenters. The number of nitrogens with one attached hydrogen (secondary N) is 1. The molecule has 24 heavy (non-hydrogen) atoms. The van der Waals surface area contributed by atoms with E-state index in [1.165, 1.54) is 13.3 Å². The van der Waals surface area contributed by atoms with Crippen LogP contribution in [0.15, 0.2) is 30.5 Å². The summed E-state index contributed by atoms with van der Waals surface area (Å²) >= 11 is 1.03. The molecule has 0 radical (unpaired) electrons. The molecule has 0 aliphatic heterocycles. The van der Waals surface area contributed by atoms with E-state index < -0.39 is 5.97 Å². The molecule has 0 spiro atoms. The van der Waals surface area contributed by atoms with Crippen LogP contribution in [-0.4, -0.2) is 37.2 Å². The quantitative estimate of drug-likeness (QED) is 0.737. The molecule has 0 saturated heterocycles. The molecule has 128 valence electrons. The molecular formula is C16H18N2O5S. The van der Waals surface area contributed by atoms with Crippen molar-refractivity contribution >= 4 is 28.3 Å². The monoisotopic (exact) mass is 350 g/mol. The van der Waals surface area contributed by atoms with Crippen LogP contribution in [0.5, 0.6) is 11.5 Å². The standard InChI is InChI=1S/C16H18N2O5S/c1-3-8-22-11-6-4-5-7-12(11)23-10-14(19)18-16-17-9-13(24-16)15(20)21-2/h4-7,9H,3,8,10H2,1-2H3,(H,17,18,19). The van der Waals surface area contributed by atoms with Gasteiger partial charge < -0.3 is 14.2 Å². The third-order valence-corrected chi connectivity index (χ3v) is 3.70. The van der Waals surface area contributed by atoms with Crippen LogP contribution >= 0.6 is 11.3 Å². The number of para-hydroxylation sites is 2. The first-order chi connectivity index (χ1) is 11.6. The smallest absolute Gasteiger partial charge is 0.349 e. The molecule has 0 saturated carbocycles. The normalized spacial score (nSPS) is 10.1. The molecule has 2 rings (SSSR count). The van der Waals surface area contributed by atoms with Crippen molar-refractivity contribution in [2.45, 2.75) is 13.3 Å². The highest BCUT2D eigenvalue weighted by molar-refractivity contribution is 7.17. The number of ether oxygens (including phenoxy) is 3.